The molecule has 0 aliphatic heterocycles. The van der Waals surface area contributed by atoms with E-state index < -0.39 is 5.60 Å². The quantitative estimate of drug-likeness (QED) is 0.548. The van der Waals surface area contributed by atoms with E-state index in [0.29, 0.717) is 17.1 Å². The van der Waals surface area contributed by atoms with Crippen LogP contribution in [-0.4, -0.2) is 21.3 Å². The molecule has 0 saturated heterocycles. The first-order valence-corrected chi connectivity index (χ1v) is 12.5. The Morgan fingerprint density at radius 1 is 0.963 bits per heavy atom. The molecule has 4 aliphatic carbocycles. The Balaban J connectivity index is 1.52. The van der Waals surface area contributed by atoms with Crippen molar-refractivity contribution in [1.29, 1.82) is 0 Å². The zero-order valence-electron chi connectivity index (χ0n) is 17.7. The van der Waals surface area contributed by atoms with Gasteiger partial charge in [-0.3, -0.25) is 4.79 Å². The van der Waals surface area contributed by atoms with Gasteiger partial charge >= 0.3 is 0 Å². The molecule has 0 aromatic carbocycles. The van der Waals surface area contributed by atoms with Gasteiger partial charge in [-0.1, -0.05) is 29.8 Å². The number of carbonyl (C=O) groups excluding carboxylic acids is 1. The average Bonchev–Trinajstić information content (AvgIpc) is 2.96. The first-order valence-electron chi connectivity index (χ1n) is 11.5. The normalized spacial score (nSPS) is 51.6. The van der Waals surface area contributed by atoms with E-state index in [1.54, 1.807) is 0 Å². The number of Topliss-reactive ketones (excluding diaryl/α,β-unsaturated/α-hetero) is 1. The van der Waals surface area contributed by atoms with Crippen LogP contribution in [0.2, 0.25) is 0 Å². The number of ketones is 1. The molecule has 4 aliphatic rings. The Hall–Kier alpha value is 0.110. The van der Waals surface area contributed by atoms with Crippen molar-refractivity contribution in [3.63, 3.8) is 0 Å². The molecule has 0 aromatic rings. The van der Waals surface area contributed by atoms with Gasteiger partial charge in [0.25, 0.3) is 0 Å². The monoisotopic (exact) mass is 438 g/mol. The topological polar surface area (TPSA) is 37.3 Å². The summed E-state index contributed by atoms with van der Waals surface area (Å²) in [5.41, 5.74) is -0.0526. The molecular formula is C24H39BrO2. The highest BCUT2D eigenvalue weighted by molar-refractivity contribution is 9.10. The van der Waals surface area contributed by atoms with Gasteiger partial charge in [0.2, 0.25) is 0 Å². The van der Waals surface area contributed by atoms with Crippen LogP contribution in [-0.2, 0) is 4.79 Å². The number of alkyl halides is 1. The number of fused-ring (bicyclic) bond motifs is 5. The molecule has 1 N–H and O–H groups in total. The van der Waals surface area contributed by atoms with Crippen LogP contribution in [0, 0.1) is 46.8 Å². The minimum atomic E-state index is -0.419. The summed E-state index contributed by atoms with van der Waals surface area (Å²) in [6.45, 7) is 8.78. The molecule has 0 bridgehead atoms. The van der Waals surface area contributed by atoms with Gasteiger partial charge < -0.3 is 5.11 Å². The smallest absolute Gasteiger partial charge is 0.149 e. The Morgan fingerprint density at radius 3 is 2.37 bits per heavy atom. The van der Waals surface area contributed by atoms with E-state index in [-0.39, 0.29) is 10.7 Å². The maximum absolute atomic E-state index is 12.7. The van der Waals surface area contributed by atoms with Gasteiger partial charge in [-0.15, -0.1) is 0 Å². The van der Waals surface area contributed by atoms with Gasteiger partial charge in [-0.25, -0.2) is 0 Å². The van der Waals surface area contributed by atoms with Crippen molar-refractivity contribution >= 4 is 21.7 Å². The van der Waals surface area contributed by atoms with Crippen molar-refractivity contribution < 1.29 is 9.90 Å². The van der Waals surface area contributed by atoms with Gasteiger partial charge in [0.05, 0.1) is 10.4 Å². The van der Waals surface area contributed by atoms with Crippen molar-refractivity contribution in [3.05, 3.63) is 0 Å². The number of aliphatic hydroxyl groups is 1. The number of halogens is 1. The molecule has 4 saturated carbocycles. The first-order chi connectivity index (χ1) is 12.6. The van der Waals surface area contributed by atoms with Crippen LogP contribution in [0.15, 0.2) is 0 Å². The second-order valence-electron chi connectivity index (χ2n) is 11.2. The lowest BCUT2D eigenvalue weighted by atomic mass is 9.48. The van der Waals surface area contributed by atoms with Gasteiger partial charge in [0.15, 0.2) is 0 Å². The van der Waals surface area contributed by atoms with E-state index >= 15 is 0 Å². The summed E-state index contributed by atoms with van der Waals surface area (Å²) >= 11 is 3.53. The van der Waals surface area contributed by atoms with Gasteiger partial charge in [-0.2, -0.15) is 0 Å². The minimum absolute atomic E-state index is 0.0167. The van der Waals surface area contributed by atoms with Crippen LogP contribution in [0.3, 0.4) is 0 Å². The fourth-order valence-electron chi connectivity index (χ4n) is 8.50. The van der Waals surface area contributed by atoms with Crippen LogP contribution in [0.4, 0.5) is 0 Å². The Bertz CT molecular complexity index is 585. The van der Waals surface area contributed by atoms with Crippen LogP contribution < -0.4 is 0 Å². The maximum atomic E-state index is 12.7. The van der Waals surface area contributed by atoms with Crippen molar-refractivity contribution in [2.75, 3.05) is 0 Å². The molecular weight excluding hydrogens is 400 g/mol. The van der Waals surface area contributed by atoms with Crippen molar-refractivity contribution in [2.24, 2.45) is 46.8 Å². The van der Waals surface area contributed by atoms with E-state index in [0.717, 1.165) is 42.4 Å². The molecule has 0 spiro atoms. The van der Waals surface area contributed by atoms with E-state index in [1.165, 1.54) is 44.9 Å². The van der Waals surface area contributed by atoms with E-state index in [2.05, 4.69) is 36.7 Å². The highest BCUT2D eigenvalue weighted by atomic mass is 79.9. The second kappa shape index (κ2) is 7.11. The summed E-state index contributed by atoms with van der Waals surface area (Å²) in [4.78, 5) is 12.7. The van der Waals surface area contributed by atoms with Crippen molar-refractivity contribution in [1.82, 2.24) is 0 Å². The highest BCUT2D eigenvalue weighted by Crippen LogP contribution is 2.65. The molecule has 0 radical (unpaired) electrons. The molecule has 2 nitrogen and oxygen atoms in total. The molecule has 0 amide bonds. The molecule has 4 rings (SSSR count). The molecule has 10 atom stereocenters. The SMILES string of the molecule is CC(Br)C(=O)C(C)[C@H]1CC[C@H]2[C@@H]3CC[C@@H]4C[C@](C)(O)CC[C@@H]4[C@H]3CC[C@]12C. The summed E-state index contributed by atoms with van der Waals surface area (Å²) in [5.74, 6) is 5.36. The lowest BCUT2D eigenvalue weighted by Crippen LogP contribution is -2.51. The largest absolute Gasteiger partial charge is 0.390 e. The fourth-order valence-corrected chi connectivity index (χ4v) is 8.92. The third-order valence-corrected chi connectivity index (χ3v) is 10.2. The number of rotatable bonds is 3. The fraction of sp³-hybridized carbons (Fsp3) is 0.958. The zero-order chi connectivity index (χ0) is 19.6. The van der Waals surface area contributed by atoms with E-state index in [1.807, 2.05) is 6.92 Å². The second-order valence-corrected chi connectivity index (χ2v) is 12.6. The molecule has 2 unspecified atom stereocenters. The van der Waals surface area contributed by atoms with Crippen LogP contribution >= 0.6 is 15.9 Å². The average molecular weight is 439 g/mol. The van der Waals surface area contributed by atoms with Crippen LogP contribution in [0.25, 0.3) is 0 Å². The number of hydrogen-bond donors (Lipinski definition) is 1. The lowest BCUT2D eigenvalue weighted by Gasteiger charge is -2.57. The first kappa shape index (κ1) is 20.4. The Labute approximate surface area is 174 Å². The van der Waals surface area contributed by atoms with Gasteiger partial charge in [0.1, 0.15) is 5.78 Å². The third kappa shape index (κ3) is 3.37. The summed E-state index contributed by atoms with van der Waals surface area (Å²) in [6, 6.07) is 0. The zero-order valence-corrected chi connectivity index (χ0v) is 19.3. The summed E-state index contributed by atoms with van der Waals surface area (Å²) in [7, 11) is 0. The van der Waals surface area contributed by atoms with E-state index in [9.17, 15) is 9.90 Å². The predicted molar refractivity (Wildman–Crippen MR) is 114 cm³/mol. The highest BCUT2D eigenvalue weighted by Gasteiger charge is 2.58. The van der Waals surface area contributed by atoms with Gasteiger partial charge in [-0.05, 0) is 113 Å². The number of hydrogen-bond acceptors (Lipinski definition) is 2. The molecule has 0 heterocycles. The lowest BCUT2D eigenvalue weighted by molar-refractivity contribution is -0.127. The maximum Gasteiger partial charge on any atom is 0.149 e. The Kier molecular flexibility index (Phi) is 5.37. The summed E-state index contributed by atoms with van der Waals surface area (Å²) in [5, 5.41) is 10.6. The summed E-state index contributed by atoms with van der Waals surface area (Å²) < 4.78 is 0. The molecule has 0 aromatic heterocycles. The minimum Gasteiger partial charge on any atom is -0.390 e. The molecule has 27 heavy (non-hydrogen) atoms. The van der Waals surface area contributed by atoms with Crippen LogP contribution in [0.1, 0.15) is 85.5 Å². The third-order valence-electron chi connectivity index (χ3n) is 9.75. The summed E-state index contributed by atoms with van der Waals surface area (Å²) in [6.07, 6.45) is 11.2. The van der Waals surface area contributed by atoms with Crippen molar-refractivity contribution in [2.45, 2.75) is 95.9 Å². The standard InChI is InChI=1S/C24H39BrO2/c1-14(22(26)15(2)25)20-7-8-21-19-6-5-16-13-23(3,27)11-9-17(16)18(19)10-12-24(20,21)4/h14-21,27H,5-13H2,1-4H3/t14?,15?,16-,17+,18-,19-,20-,21+,23-,24-/m1/s1. The van der Waals surface area contributed by atoms with Crippen molar-refractivity contribution in [3.8, 4) is 0 Å². The van der Waals surface area contributed by atoms with E-state index in [4.69, 9.17) is 0 Å². The van der Waals surface area contributed by atoms with Crippen LogP contribution in [0.5, 0.6) is 0 Å². The molecule has 154 valence electrons. The van der Waals surface area contributed by atoms with Gasteiger partial charge in [0, 0.05) is 5.92 Å². The molecule has 4 fully saturated rings. The number of carbonyl (C=O) groups is 1. The molecule has 3 heteroatoms. The predicted octanol–water partition coefficient (Wildman–Crippen LogP) is 5.99. The Morgan fingerprint density at radius 2 is 1.67 bits per heavy atom.